The molecule has 1 N–H and O–H groups in total. The molecule has 0 spiro atoms. The second-order valence-corrected chi connectivity index (χ2v) is 4.79. The summed E-state index contributed by atoms with van der Waals surface area (Å²) in [4.78, 5) is 35.3. The highest BCUT2D eigenvalue weighted by Gasteiger charge is 2.27. The molecule has 7 heteroatoms. The molecule has 3 heterocycles. The van der Waals surface area contributed by atoms with Crippen LogP contribution in [0.15, 0.2) is 34.1 Å². The van der Waals surface area contributed by atoms with Gasteiger partial charge in [-0.3, -0.25) is 4.79 Å². The van der Waals surface area contributed by atoms with Crippen LogP contribution in [0.25, 0.3) is 0 Å². The van der Waals surface area contributed by atoms with E-state index < -0.39 is 0 Å². The van der Waals surface area contributed by atoms with E-state index >= 15 is 0 Å². The van der Waals surface area contributed by atoms with Crippen LogP contribution >= 0.6 is 0 Å². The van der Waals surface area contributed by atoms with Gasteiger partial charge in [0.05, 0.1) is 6.20 Å². The predicted molar refractivity (Wildman–Crippen MR) is 69.2 cm³/mol. The number of likely N-dealkylation sites (tertiary alicyclic amines) is 1. The van der Waals surface area contributed by atoms with E-state index in [9.17, 15) is 9.59 Å². The number of aromatic amines is 1. The Bertz CT molecular complexity index is 650. The second-order valence-electron chi connectivity index (χ2n) is 4.79. The van der Waals surface area contributed by atoms with Crippen LogP contribution in [0.3, 0.4) is 0 Å². The summed E-state index contributed by atoms with van der Waals surface area (Å²) in [5.41, 5.74) is 0.459. The number of amides is 1. The SMILES string of the molecule is O=C(c1cnco1)N1CCC[C@H](c2ccnc(=O)[nH]2)C1. The van der Waals surface area contributed by atoms with Gasteiger partial charge in [-0.2, -0.15) is 0 Å². The molecule has 3 rings (SSSR count). The zero-order chi connectivity index (χ0) is 13.9. The standard InChI is InChI=1S/C13H14N4O3/c18-12(11-6-14-8-20-11)17-5-1-2-9(7-17)10-3-4-15-13(19)16-10/h3-4,6,8-9H,1-2,5,7H2,(H,15,16,19)/t9-/m0/s1. The summed E-state index contributed by atoms with van der Waals surface area (Å²) in [5, 5.41) is 0. The molecule has 104 valence electrons. The fraction of sp³-hybridized carbons (Fsp3) is 0.385. The molecule has 2 aromatic heterocycles. The number of piperidine rings is 1. The van der Waals surface area contributed by atoms with Gasteiger partial charge >= 0.3 is 5.69 Å². The molecule has 1 aliphatic heterocycles. The first kappa shape index (κ1) is 12.6. The Hall–Kier alpha value is -2.44. The number of hydrogen-bond acceptors (Lipinski definition) is 5. The molecule has 2 aromatic rings. The van der Waals surface area contributed by atoms with E-state index in [0.29, 0.717) is 13.1 Å². The number of nitrogens with one attached hydrogen (secondary N) is 1. The van der Waals surface area contributed by atoms with Crippen molar-refractivity contribution in [3.8, 4) is 0 Å². The molecule has 1 atom stereocenters. The topological polar surface area (TPSA) is 92.1 Å². The Labute approximate surface area is 114 Å². The van der Waals surface area contributed by atoms with Crippen molar-refractivity contribution in [2.45, 2.75) is 18.8 Å². The van der Waals surface area contributed by atoms with Gasteiger partial charge in [0.2, 0.25) is 5.76 Å². The van der Waals surface area contributed by atoms with Crippen molar-refractivity contribution in [1.82, 2.24) is 19.9 Å². The summed E-state index contributed by atoms with van der Waals surface area (Å²) < 4.78 is 5.04. The summed E-state index contributed by atoms with van der Waals surface area (Å²) in [6.07, 6.45) is 5.97. The van der Waals surface area contributed by atoms with E-state index in [0.717, 1.165) is 18.5 Å². The minimum absolute atomic E-state index is 0.117. The fourth-order valence-electron chi connectivity index (χ4n) is 2.51. The molecule has 0 aromatic carbocycles. The smallest absolute Gasteiger partial charge is 0.345 e. The molecular weight excluding hydrogens is 260 g/mol. The lowest BCUT2D eigenvalue weighted by atomic mass is 9.94. The number of hydrogen-bond donors (Lipinski definition) is 1. The summed E-state index contributed by atoms with van der Waals surface area (Å²) in [6.45, 7) is 1.24. The third-order valence-electron chi connectivity index (χ3n) is 3.49. The van der Waals surface area contributed by atoms with E-state index in [1.54, 1.807) is 11.0 Å². The minimum atomic E-state index is -0.360. The lowest BCUT2D eigenvalue weighted by Crippen LogP contribution is -2.39. The monoisotopic (exact) mass is 274 g/mol. The molecule has 0 unspecified atom stereocenters. The zero-order valence-corrected chi connectivity index (χ0v) is 10.8. The maximum atomic E-state index is 12.2. The highest BCUT2D eigenvalue weighted by atomic mass is 16.3. The number of rotatable bonds is 2. The van der Waals surface area contributed by atoms with Gasteiger partial charge in [0.25, 0.3) is 5.91 Å². The lowest BCUT2D eigenvalue weighted by Gasteiger charge is -2.32. The molecule has 0 aliphatic carbocycles. The van der Waals surface area contributed by atoms with E-state index in [2.05, 4.69) is 15.0 Å². The zero-order valence-electron chi connectivity index (χ0n) is 10.8. The van der Waals surface area contributed by atoms with Crippen LogP contribution in [0, 0.1) is 0 Å². The summed E-state index contributed by atoms with van der Waals surface area (Å²) in [5.74, 6) is 0.198. The van der Waals surface area contributed by atoms with Crippen molar-refractivity contribution in [2.24, 2.45) is 0 Å². The molecule has 1 aliphatic rings. The van der Waals surface area contributed by atoms with E-state index in [1.807, 2.05) is 0 Å². The average Bonchev–Trinajstić information content (AvgIpc) is 3.01. The van der Waals surface area contributed by atoms with Gasteiger partial charge in [-0.25, -0.2) is 14.8 Å². The largest absolute Gasteiger partial charge is 0.438 e. The van der Waals surface area contributed by atoms with Crippen LogP contribution in [0.1, 0.15) is 35.0 Å². The van der Waals surface area contributed by atoms with Crippen molar-refractivity contribution in [3.05, 3.63) is 46.8 Å². The van der Waals surface area contributed by atoms with Crippen LogP contribution in [-0.2, 0) is 0 Å². The molecule has 0 bridgehead atoms. The van der Waals surface area contributed by atoms with Gasteiger partial charge in [0, 0.05) is 30.9 Å². The first-order valence-electron chi connectivity index (χ1n) is 6.47. The van der Waals surface area contributed by atoms with Gasteiger partial charge in [0.15, 0.2) is 6.39 Å². The Morgan fingerprint density at radius 3 is 3.15 bits per heavy atom. The number of H-pyrrole nitrogens is 1. The van der Waals surface area contributed by atoms with Gasteiger partial charge in [-0.15, -0.1) is 0 Å². The minimum Gasteiger partial charge on any atom is -0.438 e. The van der Waals surface area contributed by atoms with Gasteiger partial charge in [0.1, 0.15) is 0 Å². The third-order valence-corrected chi connectivity index (χ3v) is 3.49. The highest BCUT2D eigenvalue weighted by molar-refractivity contribution is 5.91. The maximum Gasteiger partial charge on any atom is 0.345 e. The molecule has 1 amide bonds. The number of carbonyl (C=O) groups is 1. The fourth-order valence-corrected chi connectivity index (χ4v) is 2.51. The number of aromatic nitrogens is 3. The first-order valence-corrected chi connectivity index (χ1v) is 6.47. The first-order chi connectivity index (χ1) is 9.74. The van der Waals surface area contributed by atoms with Gasteiger partial charge in [-0.1, -0.05) is 0 Å². The van der Waals surface area contributed by atoms with Crippen molar-refractivity contribution in [3.63, 3.8) is 0 Å². The van der Waals surface area contributed by atoms with Crippen LogP contribution in [0.4, 0.5) is 0 Å². The predicted octanol–water partition coefficient (Wildman–Crippen LogP) is 0.778. The van der Waals surface area contributed by atoms with Crippen LogP contribution in [-0.4, -0.2) is 38.8 Å². The normalized spacial score (nSPS) is 19.0. The van der Waals surface area contributed by atoms with Crippen molar-refractivity contribution in [2.75, 3.05) is 13.1 Å². The van der Waals surface area contributed by atoms with E-state index in [-0.39, 0.29) is 23.3 Å². The van der Waals surface area contributed by atoms with Crippen LogP contribution < -0.4 is 5.69 Å². The van der Waals surface area contributed by atoms with Crippen LogP contribution in [0.5, 0.6) is 0 Å². The summed E-state index contributed by atoms with van der Waals surface area (Å²) in [7, 11) is 0. The molecule has 7 nitrogen and oxygen atoms in total. The van der Waals surface area contributed by atoms with E-state index in [4.69, 9.17) is 4.42 Å². The van der Waals surface area contributed by atoms with Gasteiger partial charge in [-0.05, 0) is 18.9 Å². The Morgan fingerprint density at radius 1 is 1.50 bits per heavy atom. The summed E-state index contributed by atoms with van der Waals surface area (Å²) in [6, 6.07) is 1.79. The molecule has 20 heavy (non-hydrogen) atoms. The van der Waals surface area contributed by atoms with E-state index in [1.165, 1.54) is 18.8 Å². The Morgan fingerprint density at radius 2 is 2.40 bits per heavy atom. The number of nitrogens with zero attached hydrogens (tertiary/aromatic N) is 3. The molecular formula is C13H14N4O3. The average molecular weight is 274 g/mol. The van der Waals surface area contributed by atoms with Crippen LogP contribution in [0.2, 0.25) is 0 Å². The third kappa shape index (κ3) is 2.47. The summed E-state index contributed by atoms with van der Waals surface area (Å²) >= 11 is 0. The molecule has 0 radical (unpaired) electrons. The molecule has 1 saturated heterocycles. The molecule has 1 fully saturated rings. The molecule has 0 saturated carbocycles. The van der Waals surface area contributed by atoms with Gasteiger partial charge < -0.3 is 14.3 Å². The second kappa shape index (κ2) is 5.28. The highest BCUT2D eigenvalue weighted by Crippen LogP contribution is 2.25. The van der Waals surface area contributed by atoms with Crippen molar-refractivity contribution < 1.29 is 9.21 Å². The Kier molecular flexibility index (Phi) is 3.32. The Balaban J connectivity index is 1.77. The quantitative estimate of drug-likeness (QED) is 0.873. The van der Waals surface area contributed by atoms with Crippen molar-refractivity contribution in [1.29, 1.82) is 0 Å². The number of carbonyl (C=O) groups excluding carboxylic acids is 1. The maximum absolute atomic E-state index is 12.2. The number of oxazole rings is 1. The lowest BCUT2D eigenvalue weighted by molar-refractivity contribution is 0.0673. The van der Waals surface area contributed by atoms with Crippen molar-refractivity contribution >= 4 is 5.91 Å².